The van der Waals surface area contributed by atoms with Crippen molar-refractivity contribution in [1.29, 1.82) is 0 Å². The van der Waals surface area contributed by atoms with Gasteiger partial charge in [-0.2, -0.15) is 17.6 Å². The third kappa shape index (κ3) is 1.78. The fourth-order valence-corrected chi connectivity index (χ4v) is 0.0891. The highest BCUT2D eigenvalue weighted by molar-refractivity contribution is 4.77. The third-order valence-corrected chi connectivity index (χ3v) is 0.655. The van der Waals surface area contributed by atoms with Gasteiger partial charge in [0.25, 0.3) is 0 Å². The normalized spacial score (nSPS) is 14.0. The van der Waals surface area contributed by atoms with Gasteiger partial charge in [-0.3, -0.25) is 5.73 Å². The maximum absolute atomic E-state index is 11.4. The van der Waals surface area contributed by atoms with E-state index in [1.807, 2.05) is 0 Å². The third-order valence-electron chi connectivity index (χ3n) is 0.655. The lowest BCUT2D eigenvalue weighted by Gasteiger charge is -2.18. The maximum atomic E-state index is 11.4. The molecule has 0 heterocycles. The van der Waals surface area contributed by atoms with Gasteiger partial charge in [0.2, 0.25) is 0 Å². The highest BCUT2D eigenvalue weighted by Gasteiger charge is 2.53. The molecule has 0 rings (SSSR count). The van der Waals surface area contributed by atoms with E-state index in [2.05, 4.69) is 5.73 Å². The van der Waals surface area contributed by atoms with Crippen molar-refractivity contribution in [3.05, 3.63) is 0 Å². The number of hydrogen-bond donors (Lipinski definition) is 1. The van der Waals surface area contributed by atoms with Crippen molar-refractivity contribution in [2.75, 3.05) is 6.67 Å². The zero-order chi connectivity index (χ0) is 7.71. The molecule has 0 atom stereocenters. The van der Waals surface area contributed by atoms with E-state index in [0.717, 1.165) is 0 Å². The van der Waals surface area contributed by atoms with Crippen LogP contribution in [-0.4, -0.2) is 18.6 Å². The molecule has 0 bridgehead atoms. The molecule has 0 aliphatic carbocycles. The summed E-state index contributed by atoms with van der Waals surface area (Å²) in [7, 11) is 0. The zero-order valence-electron chi connectivity index (χ0n) is 4.17. The fourth-order valence-electron chi connectivity index (χ4n) is 0.0891. The smallest absolute Gasteiger partial charge is 0.267 e. The quantitative estimate of drug-likeness (QED) is 0.462. The first-order valence-corrected chi connectivity index (χ1v) is 1.92. The van der Waals surface area contributed by atoms with Crippen LogP contribution in [0.1, 0.15) is 0 Å². The molecule has 0 aliphatic heterocycles. The summed E-state index contributed by atoms with van der Waals surface area (Å²) >= 11 is 0. The van der Waals surface area contributed by atoms with Gasteiger partial charge in [0.15, 0.2) is 6.67 Å². The van der Waals surface area contributed by atoms with E-state index in [9.17, 15) is 22.0 Å². The predicted octanol–water partition coefficient (Wildman–Crippen LogP) is 1.14. The highest BCUT2D eigenvalue weighted by Crippen LogP contribution is 2.29. The molecule has 9 heavy (non-hydrogen) atoms. The zero-order valence-corrected chi connectivity index (χ0v) is 4.17. The Morgan fingerprint density at radius 2 is 1.44 bits per heavy atom. The van der Waals surface area contributed by atoms with Gasteiger partial charge in [-0.15, -0.1) is 0 Å². The number of hydrogen-bond acceptors (Lipinski definition) is 1. The molecule has 0 saturated heterocycles. The summed E-state index contributed by atoms with van der Waals surface area (Å²) in [6.45, 7) is -2.45. The second-order valence-electron chi connectivity index (χ2n) is 1.46. The lowest BCUT2D eigenvalue weighted by atomic mass is 10.3. The van der Waals surface area contributed by atoms with Crippen molar-refractivity contribution in [2.24, 2.45) is 5.73 Å². The van der Waals surface area contributed by atoms with Crippen molar-refractivity contribution in [2.45, 2.75) is 12.0 Å². The van der Waals surface area contributed by atoms with Gasteiger partial charge in [-0.1, -0.05) is 0 Å². The lowest BCUT2D eigenvalue weighted by Crippen LogP contribution is -2.49. The van der Waals surface area contributed by atoms with Crippen LogP contribution < -0.4 is 5.73 Å². The molecule has 0 radical (unpaired) electrons. The van der Waals surface area contributed by atoms with Gasteiger partial charge in [0.05, 0.1) is 0 Å². The van der Waals surface area contributed by atoms with Crippen LogP contribution in [0.2, 0.25) is 0 Å². The SMILES string of the molecule is NC(F)(F)C(F)(F)CF. The molecule has 0 fully saturated rings. The standard InChI is InChI=1S/C3H4F5N/c4-1-2(5,6)3(7,8)9/h1,9H2. The minimum atomic E-state index is -4.76. The minimum absolute atomic E-state index is 2.45. The van der Waals surface area contributed by atoms with E-state index in [-0.39, 0.29) is 0 Å². The molecule has 0 unspecified atom stereocenters. The number of rotatable bonds is 2. The Hall–Kier alpha value is -0.390. The van der Waals surface area contributed by atoms with Crippen LogP contribution in [0, 0.1) is 0 Å². The summed E-state index contributed by atoms with van der Waals surface area (Å²) in [5.41, 5.74) is 3.60. The van der Waals surface area contributed by atoms with Crippen molar-refractivity contribution in [3.8, 4) is 0 Å². The molecule has 56 valence electrons. The second-order valence-corrected chi connectivity index (χ2v) is 1.46. The Kier molecular flexibility index (Phi) is 2.00. The van der Waals surface area contributed by atoms with Crippen LogP contribution in [0.3, 0.4) is 0 Å². The number of nitrogens with two attached hydrogens (primary N) is 1. The first-order valence-electron chi connectivity index (χ1n) is 1.92. The van der Waals surface area contributed by atoms with Gasteiger partial charge < -0.3 is 0 Å². The summed E-state index contributed by atoms with van der Waals surface area (Å²) in [4.78, 5) is 0. The minimum Gasteiger partial charge on any atom is -0.267 e. The van der Waals surface area contributed by atoms with E-state index in [4.69, 9.17) is 0 Å². The highest BCUT2D eigenvalue weighted by atomic mass is 19.3. The van der Waals surface area contributed by atoms with Crippen LogP contribution in [0.5, 0.6) is 0 Å². The Bertz CT molecular complexity index is 94.9. The molecule has 0 aromatic rings. The molecule has 0 aromatic heterocycles. The number of alkyl halides is 5. The van der Waals surface area contributed by atoms with Crippen LogP contribution >= 0.6 is 0 Å². The molecule has 0 aromatic carbocycles. The van der Waals surface area contributed by atoms with Gasteiger partial charge in [0.1, 0.15) is 0 Å². The summed E-state index contributed by atoms with van der Waals surface area (Å²) in [5.74, 6) is -4.74. The van der Waals surface area contributed by atoms with E-state index in [0.29, 0.717) is 0 Å². The lowest BCUT2D eigenvalue weighted by molar-refractivity contribution is -0.211. The summed E-state index contributed by atoms with van der Waals surface area (Å²) in [6, 6.07) is -4.76. The Labute approximate surface area is 47.6 Å². The van der Waals surface area contributed by atoms with Crippen LogP contribution in [-0.2, 0) is 0 Å². The Balaban J connectivity index is 4.14. The van der Waals surface area contributed by atoms with E-state index in [1.54, 1.807) is 0 Å². The van der Waals surface area contributed by atoms with Crippen molar-refractivity contribution in [1.82, 2.24) is 0 Å². The molecule has 0 aliphatic rings. The largest absolute Gasteiger partial charge is 0.365 e. The summed E-state index contributed by atoms with van der Waals surface area (Å²) < 4.78 is 56.4. The molecular weight excluding hydrogens is 145 g/mol. The fraction of sp³-hybridized carbons (Fsp3) is 1.00. The number of halogens is 5. The first-order chi connectivity index (χ1) is 3.81. The van der Waals surface area contributed by atoms with Gasteiger partial charge in [-0.05, 0) is 0 Å². The molecule has 0 spiro atoms. The van der Waals surface area contributed by atoms with Gasteiger partial charge in [-0.25, -0.2) is 4.39 Å². The van der Waals surface area contributed by atoms with Crippen LogP contribution in [0.15, 0.2) is 0 Å². The molecule has 2 N–H and O–H groups in total. The average molecular weight is 149 g/mol. The monoisotopic (exact) mass is 149 g/mol. The van der Waals surface area contributed by atoms with E-state index >= 15 is 0 Å². The van der Waals surface area contributed by atoms with E-state index in [1.165, 1.54) is 0 Å². The molecule has 0 amide bonds. The topological polar surface area (TPSA) is 26.0 Å². The average Bonchev–Trinajstić information content (AvgIpc) is 1.64. The first kappa shape index (κ1) is 8.61. The molecule has 1 nitrogen and oxygen atoms in total. The van der Waals surface area contributed by atoms with Gasteiger partial charge in [0, 0.05) is 0 Å². The Morgan fingerprint density at radius 3 is 1.44 bits per heavy atom. The molecule has 6 heteroatoms. The Morgan fingerprint density at radius 1 is 1.11 bits per heavy atom. The van der Waals surface area contributed by atoms with Crippen molar-refractivity contribution >= 4 is 0 Å². The summed E-state index contributed by atoms with van der Waals surface area (Å²) in [6.07, 6.45) is 0. The van der Waals surface area contributed by atoms with E-state index < -0.39 is 18.6 Å². The maximum Gasteiger partial charge on any atom is 0.365 e. The van der Waals surface area contributed by atoms with Crippen LogP contribution in [0.25, 0.3) is 0 Å². The predicted molar refractivity (Wildman–Crippen MR) is 20.1 cm³/mol. The molecular formula is C3H4F5N. The second kappa shape index (κ2) is 2.09. The van der Waals surface area contributed by atoms with Crippen molar-refractivity contribution in [3.63, 3.8) is 0 Å². The summed E-state index contributed by atoms with van der Waals surface area (Å²) in [5, 5.41) is 0. The molecule has 0 saturated carbocycles. The van der Waals surface area contributed by atoms with Gasteiger partial charge >= 0.3 is 12.0 Å². The van der Waals surface area contributed by atoms with Crippen LogP contribution in [0.4, 0.5) is 22.0 Å². The van der Waals surface area contributed by atoms with Crippen molar-refractivity contribution < 1.29 is 22.0 Å².